The van der Waals surface area contributed by atoms with E-state index >= 15 is 0 Å². The monoisotopic (exact) mass is 494 g/mol. The number of pyridine rings is 1. The van der Waals surface area contributed by atoms with Gasteiger partial charge < -0.3 is 5.32 Å². The molecule has 0 fully saturated rings. The highest BCUT2D eigenvalue weighted by molar-refractivity contribution is 5.90. The first kappa shape index (κ1) is 22.6. The van der Waals surface area contributed by atoms with Crippen LogP contribution in [-0.2, 0) is 20.0 Å². The summed E-state index contributed by atoms with van der Waals surface area (Å²) in [5.74, 6) is 1.22. The number of rotatable bonds is 6. The Balaban J connectivity index is 1.49. The van der Waals surface area contributed by atoms with Gasteiger partial charge in [0.05, 0.1) is 12.2 Å². The van der Waals surface area contributed by atoms with E-state index in [1.807, 2.05) is 65.9 Å². The Morgan fingerprint density at radius 3 is 2.46 bits per heavy atom. The van der Waals surface area contributed by atoms with Gasteiger partial charge in [0.1, 0.15) is 17.0 Å². The number of aryl methyl sites for hydroxylation is 2. The molecule has 2 aromatic carbocycles. The van der Waals surface area contributed by atoms with Crippen molar-refractivity contribution < 1.29 is 4.39 Å². The second-order valence-corrected chi connectivity index (χ2v) is 8.71. The van der Waals surface area contributed by atoms with Gasteiger partial charge >= 0.3 is 0 Å². The molecule has 184 valence electrons. The molecule has 0 atom stereocenters. The minimum absolute atomic E-state index is 0.213. The van der Waals surface area contributed by atoms with Gasteiger partial charge in [-0.15, -0.1) is 10.2 Å². The van der Waals surface area contributed by atoms with Crippen molar-refractivity contribution >= 4 is 28.3 Å². The standard InChI is InChI=1S/C27H23FN8O/c1-3-22-31-32-27-34(2)26(37)23-24(29-19-8-5-4-6-9-19)35(33-25(23)36(22)27)16-17-12-14-18(15-13-17)20-10-7-11-21(28)30-20/h4-15,29H,3,16H2,1-2H3. The normalized spacial score (nSPS) is 11.4. The van der Waals surface area contributed by atoms with E-state index in [-0.39, 0.29) is 5.56 Å². The van der Waals surface area contributed by atoms with Gasteiger partial charge in [-0.05, 0) is 29.8 Å². The molecule has 4 aromatic heterocycles. The molecule has 0 aliphatic heterocycles. The Morgan fingerprint density at radius 2 is 1.73 bits per heavy atom. The van der Waals surface area contributed by atoms with Crippen LogP contribution in [0, 0.1) is 5.95 Å². The van der Waals surface area contributed by atoms with Gasteiger partial charge in [-0.2, -0.15) is 9.49 Å². The van der Waals surface area contributed by atoms with Crippen molar-refractivity contribution in [2.75, 3.05) is 5.32 Å². The fourth-order valence-electron chi connectivity index (χ4n) is 4.45. The predicted molar refractivity (Wildman–Crippen MR) is 139 cm³/mol. The molecule has 0 aliphatic rings. The fourth-order valence-corrected chi connectivity index (χ4v) is 4.45. The lowest BCUT2D eigenvalue weighted by molar-refractivity contribution is 0.585. The summed E-state index contributed by atoms with van der Waals surface area (Å²) in [6.07, 6.45) is 0.637. The molecular formula is C27H23FN8O. The van der Waals surface area contributed by atoms with Crippen molar-refractivity contribution in [2.24, 2.45) is 7.05 Å². The maximum Gasteiger partial charge on any atom is 0.268 e. The van der Waals surface area contributed by atoms with Crippen LogP contribution in [0.3, 0.4) is 0 Å². The molecule has 6 aromatic rings. The van der Waals surface area contributed by atoms with E-state index in [0.717, 1.165) is 22.6 Å². The Bertz CT molecular complexity index is 1800. The van der Waals surface area contributed by atoms with E-state index in [1.165, 1.54) is 10.6 Å². The average Bonchev–Trinajstić information content (AvgIpc) is 3.50. The van der Waals surface area contributed by atoms with E-state index in [9.17, 15) is 9.18 Å². The number of anilines is 2. The minimum Gasteiger partial charge on any atom is -0.340 e. The zero-order valence-electron chi connectivity index (χ0n) is 20.3. The summed E-state index contributed by atoms with van der Waals surface area (Å²) in [7, 11) is 1.69. The summed E-state index contributed by atoms with van der Waals surface area (Å²) >= 11 is 0. The third-order valence-electron chi connectivity index (χ3n) is 6.33. The highest BCUT2D eigenvalue weighted by atomic mass is 19.1. The second-order valence-electron chi connectivity index (χ2n) is 8.71. The van der Waals surface area contributed by atoms with E-state index in [0.29, 0.717) is 41.3 Å². The van der Waals surface area contributed by atoms with Crippen LogP contribution in [0.1, 0.15) is 18.3 Å². The number of hydrogen-bond acceptors (Lipinski definition) is 6. The molecule has 0 unspecified atom stereocenters. The molecule has 0 saturated heterocycles. The molecule has 6 rings (SSSR count). The average molecular weight is 495 g/mol. The fraction of sp³-hybridized carbons (Fsp3) is 0.148. The summed E-state index contributed by atoms with van der Waals surface area (Å²) in [5.41, 5.74) is 3.45. The van der Waals surface area contributed by atoms with Crippen LogP contribution in [0.15, 0.2) is 77.6 Å². The number of hydrogen-bond donors (Lipinski definition) is 1. The third-order valence-corrected chi connectivity index (χ3v) is 6.33. The van der Waals surface area contributed by atoms with Gasteiger partial charge in [0.15, 0.2) is 5.65 Å². The van der Waals surface area contributed by atoms with Crippen LogP contribution in [0.5, 0.6) is 0 Å². The van der Waals surface area contributed by atoms with Crippen molar-refractivity contribution in [3.63, 3.8) is 0 Å². The number of nitrogens with zero attached hydrogens (tertiary/aromatic N) is 7. The lowest BCUT2D eigenvalue weighted by atomic mass is 10.1. The third kappa shape index (κ3) is 3.92. The Hall–Kier alpha value is -4.86. The zero-order valence-corrected chi connectivity index (χ0v) is 20.3. The molecule has 0 radical (unpaired) electrons. The van der Waals surface area contributed by atoms with Gasteiger partial charge in [0, 0.05) is 24.7 Å². The van der Waals surface area contributed by atoms with Gasteiger partial charge in [0.2, 0.25) is 11.7 Å². The Labute approximate surface area is 210 Å². The second kappa shape index (κ2) is 8.98. The molecular weight excluding hydrogens is 471 g/mol. The maximum absolute atomic E-state index is 13.6. The highest BCUT2D eigenvalue weighted by Crippen LogP contribution is 2.27. The zero-order chi connectivity index (χ0) is 25.5. The van der Waals surface area contributed by atoms with Crippen molar-refractivity contribution in [2.45, 2.75) is 19.9 Å². The van der Waals surface area contributed by atoms with Crippen LogP contribution in [0.25, 0.3) is 28.1 Å². The van der Waals surface area contributed by atoms with E-state index in [1.54, 1.807) is 23.9 Å². The molecule has 37 heavy (non-hydrogen) atoms. The van der Waals surface area contributed by atoms with Crippen LogP contribution >= 0.6 is 0 Å². The molecule has 0 bridgehead atoms. The Morgan fingerprint density at radius 1 is 0.946 bits per heavy atom. The number of nitrogens with one attached hydrogen (secondary N) is 1. The number of fused-ring (bicyclic) bond motifs is 3. The van der Waals surface area contributed by atoms with Crippen molar-refractivity contribution in [3.8, 4) is 11.3 Å². The first-order valence-electron chi connectivity index (χ1n) is 11.9. The lowest BCUT2D eigenvalue weighted by Crippen LogP contribution is -2.20. The number of para-hydroxylation sites is 1. The summed E-state index contributed by atoms with van der Waals surface area (Å²) in [5, 5.41) is 17.2. The first-order chi connectivity index (χ1) is 18.0. The highest BCUT2D eigenvalue weighted by Gasteiger charge is 2.22. The van der Waals surface area contributed by atoms with Crippen molar-refractivity contribution in [1.82, 2.24) is 33.9 Å². The molecule has 0 saturated carbocycles. The maximum atomic E-state index is 13.6. The lowest BCUT2D eigenvalue weighted by Gasteiger charge is -2.11. The van der Waals surface area contributed by atoms with Gasteiger partial charge in [-0.1, -0.05) is 55.5 Å². The van der Waals surface area contributed by atoms with Crippen LogP contribution in [-0.4, -0.2) is 33.9 Å². The molecule has 0 aliphatic carbocycles. The van der Waals surface area contributed by atoms with E-state index < -0.39 is 5.95 Å². The van der Waals surface area contributed by atoms with Crippen molar-refractivity contribution in [3.05, 3.63) is 100 Å². The van der Waals surface area contributed by atoms with Crippen LogP contribution in [0.4, 0.5) is 15.9 Å². The number of halogens is 1. The quantitative estimate of drug-likeness (QED) is 0.346. The van der Waals surface area contributed by atoms with Gasteiger partial charge in [-0.25, -0.2) is 14.1 Å². The molecule has 1 N–H and O–H groups in total. The van der Waals surface area contributed by atoms with Gasteiger partial charge in [0.25, 0.3) is 5.56 Å². The minimum atomic E-state index is -0.519. The van der Waals surface area contributed by atoms with E-state index in [2.05, 4.69) is 20.5 Å². The Kier molecular flexibility index (Phi) is 5.48. The summed E-state index contributed by atoms with van der Waals surface area (Å²) in [4.78, 5) is 17.5. The van der Waals surface area contributed by atoms with Gasteiger partial charge in [-0.3, -0.25) is 9.36 Å². The first-order valence-corrected chi connectivity index (χ1v) is 11.9. The van der Waals surface area contributed by atoms with Crippen molar-refractivity contribution in [1.29, 1.82) is 0 Å². The topological polar surface area (TPSA) is 94.9 Å². The van der Waals surface area contributed by atoms with Crippen LogP contribution < -0.4 is 10.9 Å². The molecule has 9 nitrogen and oxygen atoms in total. The number of benzene rings is 2. The summed E-state index contributed by atoms with van der Waals surface area (Å²) in [6.45, 7) is 2.39. The summed E-state index contributed by atoms with van der Waals surface area (Å²) < 4.78 is 18.7. The molecule has 0 spiro atoms. The molecule has 0 amide bonds. The molecule has 4 heterocycles. The van der Waals surface area contributed by atoms with E-state index in [4.69, 9.17) is 5.10 Å². The smallest absolute Gasteiger partial charge is 0.268 e. The largest absolute Gasteiger partial charge is 0.340 e. The van der Waals surface area contributed by atoms with Crippen LogP contribution in [0.2, 0.25) is 0 Å². The predicted octanol–water partition coefficient (Wildman–Crippen LogP) is 4.33. The SMILES string of the molecule is CCc1nnc2n(C)c(=O)c3c(Nc4ccccc4)n(Cc4ccc(-c5cccc(F)n5)cc4)nc3n12. The number of aromatic nitrogens is 7. The summed E-state index contributed by atoms with van der Waals surface area (Å²) in [6, 6.07) is 22.1. The molecule has 10 heteroatoms.